The quantitative estimate of drug-likeness (QED) is 0.671. The van der Waals surface area contributed by atoms with E-state index in [9.17, 15) is 0 Å². The lowest BCUT2D eigenvalue weighted by molar-refractivity contribution is 0.200. The molecule has 0 spiro atoms. The molecule has 0 aromatic carbocycles. The van der Waals surface area contributed by atoms with Crippen molar-refractivity contribution in [1.29, 1.82) is 0 Å². The lowest BCUT2D eigenvalue weighted by atomic mass is 9.92. The first-order valence-corrected chi connectivity index (χ1v) is 11.1. The Morgan fingerprint density at radius 3 is 2.46 bits per heavy atom. The second-order valence-electron chi connectivity index (χ2n) is 9.16. The van der Waals surface area contributed by atoms with Crippen molar-refractivity contribution >= 4 is 17.0 Å². The molecule has 8 heteroatoms. The molecule has 0 unspecified atom stereocenters. The minimum atomic E-state index is 0.0140. The van der Waals surface area contributed by atoms with Gasteiger partial charge in [0.15, 0.2) is 11.5 Å². The molecule has 4 heterocycles. The van der Waals surface area contributed by atoms with Crippen molar-refractivity contribution in [2.45, 2.75) is 70.3 Å². The van der Waals surface area contributed by atoms with Gasteiger partial charge in [0.25, 0.3) is 0 Å². The fourth-order valence-corrected chi connectivity index (χ4v) is 4.88. The van der Waals surface area contributed by atoms with Crippen LogP contribution >= 0.6 is 11.3 Å². The van der Waals surface area contributed by atoms with Crippen LogP contribution in [0.25, 0.3) is 5.65 Å². The van der Waals surface area contributed by atoms with Gasteiger partial charge < -0.3 is 0 Å². The van der Waals surface area contributed by atoms with Gasteiger partial charge in [-0.05, 0) is 50.9 Å². The number of likely N-dealkylation sites (tertiary alicyclic amines) is 1. The van der Waals surface area contributed by atoms with E-state index >= 15 is 0 Å². The third kappa shape index (κ3) is 3.55. The lowest BCUT2D eigenvalue weighted by Crippen LogP contribution is -2.33. The average Bonchev–Trinajstić information content (AvgIpc) is 3.27. The van der Waals surface area contributed by atoms with Gasteiger partial charge in [-0.3, -0.25) is 4.90 Å². The number of fused-ring (bicyclic) bond motifs is 1. The molecule has 1 saturated carbocycles. The number of aromatic nitrogens is 6. The normalized spacial score (nSPS) is 19.5. The Kier molecular flexibility index (Phi) is 4.43. The minimum absolute atomic E-state index is 0.0140. The van der Waals surface area contributed by atoms with Crippen molar-refractivity contribution in [2.75, 3.05) is 13.1 Å². The van der Waals surface area contributed by atoms with E-state index in [1.54, 1.807) is 11.3 Å². The SMILES string of the molecule is CC(C)(C)c1ccc2nnc(C3CCN(Cc4nnc(C5CC5)s4)CC3)n2n1. The number of rotatable bonds is 4. The van der Waals surface area contributed by atoms with Crippen LogP contribution in [0.15, 0.2) is 12.1 Å². The first-order chi connectivity index (χ1) is 13.5. The van der Waals surface area contributed by atoms with Crippen LogP contribution in [0.4, 0.5) is 0 Å². The molecule has 0 bridgehead atoms. The highest BCUT2D eigenvalue weighted by molar-refractivity contribution is 7.11. The first-order valence-electron chi connectivity index (χ1n) is 10.2. The summed E-state index contributed by atoms with van der Waals surface area (Å²) in [6.07, 6.45) is 4.74. The summed E-state index contributed by atoms with van der Waals surface area (Å²) in [4.78, 5) is 2.49. The summed E-state index contributed by atoms with van der Waals surface area (Å²) in [6, 6.07) is 4.10. The zero-order valence-electron chi connectivity index (χ0n) is 16.8. The van der Waals surface area contributed by atoms with Crippen LogP contribution in [0.5, 0.6) is 0 Å². The van der Waals surface area contributed by atoms with E-state index in [1.165, 1.54) is 17.8 Å². The van der Waals surface area contributed by atoms with Gasteiger partial charge in [-0.1, -0.05) is 32.1 Å². The summed E-state index contributed by atoms with van der Waals surface area (Å²) in [5.41, 5.74) is 1.92. The van der Waals surface area contributed by atoms with E-state index in [0.29, 0.717) is 11.8 Å². The summed E-state index contributed by atoms with van der Waals surface area (Å²) in [5.74, 6) is 2.11. The molecule has 28 heavy (non-hydrogen) atoms. The Morgan fingerprint density at radius 2 is 1.75 bits per heavy atom. The Morgan fingerprint density at radius 1 is 0.964 bits per heavy atom. The molecule has 1 aliphatic carbocycles. The van der Waals surface area contributed by atoms with Gasteiger partial charge in [-0.25, -0.2) is 0 Å². The number of hydrogen-bond acceptors (Lipinski definition) is 7. The Bertz CT molecular complexity index is 974. The van der Waals surface area contributed by atoms with E-state index in [4.69, 9.17) is 5.10 Å². The lowest BCUT2D eigenvalue weighted by Gasteiger charge is -2.30. The fraction of sp³-hybridized carbons (Fsp3) is 0.650. The van der Waals surface area contributed by atoms with Gasteiger partial charge in [0.1, 0.15) is 10.0 Å². The monoisotopic (exact) mass is 397 g/mol. The molecule has 5 rings (SSSR count). The molecule has 1 aliphatic heterocycles. The van der Waals surface area contributed by atoms with E-state index < -0.39 is 0 Å². The van der Waals surface area contributed by atoms with Crippen molar-refractivity contribution in [3.63, 3.8) is 0 Å². The molecule has 7 nitrogen and oxygen atoms in total. The first kappa shape index (κ1) is 18.1. The Balaban J connectivity index is 1.27. The van der Waals surface area contributed by atoms with E-state index in [2.05, 4.69) is 52.1 Å². The molecule has 0 atom stereocenters. The van der Waals surface area contributed by atoms with E-state index in [-0.39, 0.29) is 5.41 Å². The standard InChI is InChI=1S/C20H27N7S/c1-20(2,3)15-6-7-16-21-23-18(27(16)25-15)13-8-10-26(11-9-13)12-17-22-24-19(28-17)14-4-5-14/h6-7,13-14H,4-5,8-12H2,1-3H3. The minimum Gasteiger partial charge on any atom is -0.297 e. The summed E-state index contributed by atoms with van der Waals surface area (Å²) in [5, 5.41) is 24.9. The molecule has 0 N–H and O–H groups in total. The third-order valence-corrected chi connectivity index (χ3v) is 6.85. The molecule has 1 saturated heterocycles. The highest BCUT2D eigenvalue weighted by Crippen LogP contribution is 2.41. The van der Waals surface area contributed by atoms with Crippen LogP contribution in [0.3, 0.4) is 0 Å². The molecular weight excluding hydrogens is 370 g/mol. The van der Waals surface area contributed by atoms with Crippen LogP contribution in [0.1, 0.15) is 79.8 Å². The maximum atomic E-state index is 4.86. The summed E-state index contributed by atoms with van der Waals surface area (Å²) >= 11 is 1.80. The maximum Gasteiger partial charge on any atom is 0.177 e. The number of nitrogens with zero attached hydrogens (tertiary/aromatic N) is 7. The Labute approximate surface area is 169 Å². The highest BCUT2D eigenvalue weighted by Gasteiger charge is 2.29. The van der Waals surface area contributed by atoms with Crippen molar-refractivity contribution in [2.24, 2.45) is 0 Å². The van der Waals surface area contributed by atoms with Gasteiger partial charge in [-0.15, -0.1) is 20.4 Å². The topological polar surface area (TPSA) is 72.1 Å². The van der Waals surface area contributed by atoms with Crippen molar-refractivity contribution < 1.29 is 0 Å². The molecular formula is C20H27N7S. The number of piperidine rings is 1. The molecule has 0 amide bonds. The summed E-state index contributed by atoms with van der Waals surface area (Å²) < 4.78 is 1.97. The van der Waals surface area contributed by atoms with Crippen LogP contribution in [0.2, 0.25) is 0 Å². The molecule has 3 aromatic heterocycles. The zero-order chi connectivity index (χ0) is 19.3. The van der Waals surface area contributed by atoms with Crippen molar-refractivity contribution in [3.05, 3.63) is 33.7 Å². The second-order valence-corrected chi connectivity index (χ2v) is 10.2. The summed E-state index contributed by atoms with van der Waals surface area (Å²) in [7, 11) is 0. The predicted molar refractivity (Wildman–Crippen MR) is 109 cm³/mol. The predicted octanol–water partition coefficient (Wildman–Crippen LogP) is 3.53. The smallest absolute Gasteiger partial charge is 0.177 e. The zero-order valence-corrected chi connectivity index (χ0v) is 17.6. The van der Waals surface area contributed by atoms with Gasteiger partial charge in [0.05, 0.1) is 12.2 Å². The van der Waals surface area contributed by atoms with Gasteiger partial charge >= 0.3 is 0 Å². The molecule has 2 aliphatic rings. The molecule has 3 aromatic rings. The van der Waals surface area contributed by atoms with E-state index in [1.807, 2.05) is 10.6 Å². The molecule has 2 fully saturated rings. The van der Waals surface area contributed by atoms with Crippen molar-refractivity contribution in [1.82, 2.24) is 34.9 Å². The number of hydrogen-bond donors (Lipinski definition) is 0. The van der Waals surface area contributed by atoms with E-state index in [0.717, 1.165) is 54.6 Å². The van der Waals surface area contributed by atoms with Gasteiger partial charge in [0, 0.05) is 17.3 Å². The summed E-state index contributed by atoms with van der Waals surface area (Å²) in [6.45, 7) is 9.58. The van der Waals surface area contributed by atoms with Crippen LogP contribution in [-0.2, 0) is 12.0 Å². The van der Waals surface area contributed by atoms with Gasteiger partial charge in [-0.2, -0.15) is 9.61 Å². The van der Waals surface area contributed by atoms with Crippen molar-refractivity contribution in [3.8, 4) is 0 Å². The second kappa shape index (κ2) is 6.84. The van der Waals surface area contributed by atoms with Gasteiger partial charge in [0.2, 0.25) is 0 Å². The maximum absolute atomic E-state index is 4.86. The van der Waals surface area contributed by atoms with Crippen LogP contribution < -0.4 is 0 Å². The van der Waals surface area contributed by atoms with Crippen LogP contribution in [0, 0.1) is 0 Å². The molecule has 148 valence electrons. The third-order valence-electron chi connectivity index (χ3n) is 5.78. The Hall–Kier alpha value is -1.93. The van der Waals surface area contributed by atoms with Crippen LogP contribution in [-0.4, -0.2) is 48.0 Å². The average molecular weight is 398 g/mol. The largest absolute Gasteiger partial charge is 0.297 e. The highest BCUT2D eigenvalue weighted by atomic mass is 32.1. The molecule has 0 radical (unpaired) electrons. The fourth-order valence-electron chi connectivity index (χ4n) is 3.83.